The quantitative estimate of drug-likeness (QED) is 0.177. The number of para-hydroxylation sites is 3. The number of piperazine rings is 2. The van der Waals surface area contributed by atoms with Crippen LogP contribution in [0.4, 0.5) is 22.7 Å². The fourth-order valence-electron chi connectivity index (χ4n) is 6.66. The Balaban J connectivity index is 0.000000188. The lowest BCUT2D eigenvalue weighted by Gasteiger charge is -2.38. The molecular weight excluding hydrogens is 637 g/mol. The molecule has 284 valence electrons. The Morgan fingerprint density at radius 3 is 1.54 bits per heavy atom. The Labute approximate surface area is 318 Å². The van der Waals surface area contributed by atoms with Gasteiger partial charge in [0.1, 0.15) is 0 Å². The zero-order valence-corrected chi connectivity index (χ0v) is 33.8. The minimum absolute atomic E-state index is 0.602. The zero-order valence-electron chi connectivity index (χ0n) is 33.8. The van der Waals surface area contributed by atoms with Crippen molar-refractivity contribution in [1.29, 1.82) is 0 Å². The Morgan fingerprint density at radius 1 is 0.596 bits per heavy atom. The molecule has 6 rings (SSSR count). The summed E-state index contributed by atoms with van der Waals surface area (Å²) in [6.45, 7) is 30.1. The lowest BCUT2D eigenvalue weighted by Crippen LogP contribution is -2.49. The largest absolute Gasteiger partial charge is 0.372 e. The number of nitrogens with one attached hydrogen (secondary N) is 1. The molecule has 1 N–H and O–H groups in total. The van der Waals surface area contributed by atoms with Gasteiger partial charge in [-0.3, -0.25) is 4.90 Å². The minimum atomic E-state index is 0.602. The lowest BCUT2D eigenvalue weighted by atomic mass is 10.1. The minimum Gasteiger partial charge on any atom is -0.372 e. The van der Waals surface area contributed by atoms with Crippen LogP contribution in [0.1, 0.15) is 60.5 Å². The lowest BCUT2D eigenvalue weighted by molar-refractivity contribution is 0.209. The van der Waals surface area contributed by atoms with Crippen LogP contribution in [-0.4, -0.2) is 89.0 Å². The summed E-state index contributed by atoms with van der Waals surface area (Å²) in [6, 6.07) is 41.9. The summed E-state index contributed by atoms with van der Waals surface area (Å²) in [6.07, 6.45) is 1.21. The van der Waals surface area contributed by atoms with E-state index in [9.17, 15) is 0 Å². The predicted octanol–water partition coefficient (Wildman–Crippen LogP) is 9.47. The fourth-order valence-corrected chi connectivity index (χ4v) is 6.66. The fraction of sp³-hybridized carbons (Fsp3) is 0.478. The van der Waals surface area contributed by atoms with Crippen LogP contribution in [0.15, 0.2) is 115 Å². The standard InChI is InChI=1S/C13H20N2.C12H18N2.C11H17N.C10H15N/c1-12(2)14-8-10-15(11-9-14)13-6-4-3-5-7-13;1-10-3-5-12(6-4-10)14-8-7-13-11(2)9-14;1-3-10-12(4-2)11-8-6-5-7-9-11;1-3-11(4-2)10-8-6-5-7-9-10/h3-7,12H,8-11H2,1-2H3;3-6,11,13H,7-9H2,1-2H3;5-9H,3-4,10H2,1-2H3;5-9H,3-4H2,1-2H3. The highest BCUT2D eigenvalue weighted by Gasteiger charge is 2.18. The second kappa shape index (κ2) is 24.3. The number of anilines is 4. The van der Waals surface area contributed by atoms with Crippen LogP contribution in [0, 0.1) is 6.92 Å². The third-order valence-corrected chi connectivity index (χ3v) is 9.82. The van der Waals surface area contributed by atoms with Crippen molar-refractivity contribution >= 4 is 22.7 Å². The van der Waals surface area contributed by atoms with E-state index < -0.39 is 0 Å². The van der Waals surface area contributed by atoms with Crippen LogP contribution in [0.3, 0.4) is 0 Å². The van der Waals surface area contributed by atoms with Crippen LogP contribution < -0.4 is 24.9 Å². The molecule has 0 aromatic heterocycles. The number of rotatable bonds is 10. The highest BCUT2D eigenvalue weighted by molar-refractivity contribution is 5.49. The van der Waals surface area contributed by atoms with Gasteiger partial charge in [-0.05, 0) is 103 Å². The SMILES string of the molecule is CC(C)N1CCN(c2ccccc2)CC1.CCCN(CC)c1ccccc1.CCN(CC)c1ccccc1.Cc1ccc(N2CCNC(C)C2)cc1. The van der Waals surface area contributed by atoms with E-state index in [2.05, 4.69) is 194 Å². The smallest absolute Gasteiger partial charge is 0.0367 e. The second-order valence-corrected chi connectivity index (χ2v) is 14.0. The van der Waals surface area contributed by atoms with E-state index in [0.29, 0.717) is 12.1 Å². The molecule has 2 aliphatic heterocycles. The van der Waals surface area contributed by atoms with Crippen LogP contribution in [0.25, 0.3) is 0 Å². The summed E-state index contributed by atoms with van der Waals surface area (Å²) in [4.78, 5) is 12.2. The highest BCUT2D eigenvalue weighted by Crippen LogP contribution is 2.18. The maximum Gasteiger partial charge on any atom is 0.0367 e. The highest BCUT2D eigenvalue weighted by atomic mass is 15.3. The van der Waals surface area contributed by atoms with Crippen LogP contribution in [0.2, 0.25) is 0 Å². The van der Waals surface area contributed by atoms with Crippen molar-refractivity contribution < 1.29 is 0 Å². The van der Waals surface area contributed by atoms with Gasteiger partial charge in [0.15, 0.2) is 0 Å². The molecule has 0 amide bonds. The van der Waals surface area contributed by atoms with Crippen molar-refractivity contribution in [2.45, 2.75) is 73.9 Å². The van der Waals surface area contributed by atoms with Gasteiger partial charge < -0.3 is 24.9 Å². The first-order chi connectivity index (χ1) is 25.3. The molecule has 1 unspecified atom stereocenters. The van der Waals surface area contributed by atoms with Crippen molar-refractivity contribution in [2.75, 3.05) is 91.6 Å². The van der Waals surface area contributed by atoms with Gasteiger partial charge in [-0.1, -0.05) is 79.2 Å². The normalized spacial score (nSPS) is 15.7. The average molecular weight is 707 g/mol. The number of aryl methyl sites for hydroxylation is 1. The summed E-state index contributed by atoms with van der Waals surface area (Å²) >= 11 is 0. The van der Waals surface area contributed by atoms with E-state index >= 15 is 0 Å². The summed E-state index contributed by atoms with van der Waals surface area (Å²) in [5.41, 5.74) is 6.70. The topological polar surface area (TPSA) is 28.2 Å². The number of nitrogens with zero attached hydrogens (tertiary/aromatic N) is 5. The summed E-state index contributed by atoms with van der Waals surface area (Å²) in [5.74, 6) is 0. The molecule has 4 aromatic carbocycles. The number of hydrogen-bond donors (Lipinski definition) is 1. The van der Waals surface area contributed by atoms with E-state index in [4.69, 9.17) is 0 Å². The first kappa shape index (κ1) is 42.4. The monoisotopic (exact) mass is 707 g/mol. The molecule has 52 heavy (non-hydrogen) atoms. The summed E-state index contributed by atoms with van der Waals surface area (Å²) in [5, 5.41) is 3.45. The molecule has 6 nitrogen and oxygen atoms in total. The Kier molecular flexibility index (Phi) is 19.8. The van der Waals surface area contributed by atoms with Crippen LogP contribution in [-0.2, 0) is 0 Å². The van der Waals surface area contributed by atoms with Crippen molar-refractivity contribution in [1.82, 2.24) is 10.2 Å². The molecule has 0 spiro atoms. The van der Waals surface area contributed by atoms with Gasteiger partial charge in [0.25, 0.3) is 0 Å². The molecule has 0 radical (unpaired) electrons. The Morgan fingerprint density at radius 2 is 1.08 bits per heavy atom. The molecule has 6 heteroatoms. The maximum absolute atomic E-state index is 3.45. The van der Waals surface area contributed by atoms with Gasteiger partial charge in [0, 0.05) is 107 Å². The molecule has 2 aliphatic rings. The number of hydrogen-bond acceptors (Lipinski definition) is 6. The van der Waals surface area contributed by atoms with Gasteiger partial charge in [0.05, 0.1) is 0 Å². The molecule has 0 saturated carbocycles. The van der Waals surface area contributed by atoms with E-state index in [1.165, 1.54) is 47.8 Å². The van der Waals surface area contributed by atoms with Gasteiger partial charge >= 0.3 is 0 Å². The second-order valence-electron chi connectivity index (χ2n) is 14.0. The molecule has 1 atom stereocenters. The molecule has 2 fully saturated rings. The van der Waals surface area contributed by atoms with Crippen molar-refractivity contribution in [3.63, 3.8) is 0 Å². The summed E-state index contributed by atoms with van der Waals surface area (Å²) < 4.78 is 0. The maximum atomic E-state index is 3.45. The van der Waals surface area contributed by atoms with Crippen molar-refractivity contribution in [3.8, 4) is 0 Å². The van der Waals surface area contributed by atoms with Crippen LogP contribution in [0.5, 0.6) is 0 Å². The molecular formula is C46H70N6. The van der Waals surface area contributed by atoms with Crippen molar-refractivity contribution in [2.24, 2.45) is 0 Å². The Hall–Kier alpha value is -4.00. The first-order valence-electron chi connectivity index (χ1n) is 20.0. The van der Waals surface area contributed by atoms with Crippen molar-refractivity contribution in [3.05, 3.63) is 121 Å². The van der Waals surface area contributed by atoms with Gasteiger partial charge in [-0.15, -0.1) is 0 Å². The summed E-state index contributed by atoms with van der Waals surface area (Å²) in [7, 11) is 0. The van der Waals surface area contributed by atoms with Gasteiger partial charge in [-0.25, -0.2) is 0 Å². The average Bonchev–Trinajstić information content (AvgIpc) is 3.20. The molecule has 4 aromatic rings. The zero-order chi connectivity index (χ0) is 37.6. The predicted molar refractivity (Wildman–Crippen MR) is 231 cm³/mol. The van der Waals surface area contributed by atoms with Gasteiger partial charge in [-0.2, -0.15) is 0 Å². The molecule has 0 aliphatic carbocycles. The van der Waals surface area contributed by atoms with Gasteiger partial charge in [0.2, 0.25) is 0 Å². The molecule has 2 saturated heterocycles. The third kappa shape index (κ3) is 14.9. The van der Waals surface area contributed by atoms with E-state index in [1.807, 2.05) is 6.07 Å². The molecule has 2 heterocycles. The van der Waals surface area contributed by atoms with E-state index in [1.54, 1.807) is 0 Å². The first-order valence-corrected chi connectivity index (χ1v) is 20.0. The Bertz CT molecular complexity index is 1420. The number of benzene rings is 4. The van der Waals surface area contributed by atoms with E-state index in [0.717, 1.165) is 58.9 Å². The third-order valence-electron chi connectivity index (χ3n) is 9.82. The molecule has 0 bridgehead atoms. The van der Waals surface area contributed by atoms with Crippen LogP contribution >= 0.6 is 0 Å². The van der Waals surface area contributed by atoms with E-state index in [-0.39, 0.29) is 0 Å².